The van der Waals surface area contributed by atoms with Crippen LogP contribution in [0.15, 0.2) is 67.0 Å². The third kappa shape index (κ3) is 5.68. The summed E-state index contributed by atoms with van der Waals surface area (Å²) in [5.74, 6) is -2.70. The van der Waals surface area contributed by atoms with Crippen molar-refractivity contribution in [2.75, 3.05) is 16.8 Å². The number of hydrogen-bond donors (Lipinski definition) is 1. The molecule has 0 aliphatic carbocycles. The van der Waals surface area contributed by atoms with E-state index >= 15 is 0 Å². The molecule has 0 spiro atoms. The Morgan fingerprint density at radius 2 is 1.80 bits per heavy atom. The van der Waals surface area contributed by atoms with Gasteiger partial charge in [0.25, 0.3) is 5.91 Å². The highest BCUT2D eigenvalue weighted by Crippen LogP contribution is 2.37. The van der Waals surface area contributed by atoms with Crippen LogP contribution in [0.1, 0.15) is 18.4 Å². The van der Waals surface area contributed by atoms with E-state index in [-0.39, 0.29) is 24.2 Å². The summed E-state index contributed by atoms with van der Waals surface area (Å²) >= 11 is 0. The summed E-state index contributed by atoms with van der Waals surface area (Å²) in [5.41, 5.74) is 1.55. The fourth-order valence-corrected chi connectivity index (χ4v) is 3.74. The molecule has 11 heteroatoms. The van der Waals surface area contributed by atoms with Crippen molar-refractivity contribution < 1.29 is 32.3 Å². The molecule has 2 amide bonds. The van der Waals surface area contributed by atoms with E-state index in [1.807, 2.05) is 30.3 Å². The predicted octanol–water partition coefficient (Wildman–Crippen LogP) is 3.65. The standard InChI is InChI=1S/C24H21F3N4O4/c25-24(26,27)20-12-21(32)29-18-8-4-5-9-19(18)31(20)22(33)15-35-23(34)11-10-16-13-28-30(14-16)17-6-2-1-3-7-17/h1-9,13-14,20H,10-12,15H2,(H,29,32). The lowest BCUT2D eigenvalue weighted by atomic mass is 10.1. The molecule has 4 rings (SSSR count). The molecule has 2 heterocycles. The molecule has 0 saturated carbocycles. The van der Waals surface area contributed by atoms with Gasteiger partial charge in [0.05, 0.1) is 29.7 Å². The molecule has 0 bridgehead atoms. The van der Waals surface area contributed by atoms with Crippen molar-refractivity contribution in [2.24, 2.45) is 0 Å². The van der Waals surface area contributed by atoms with Crippen LogP contribution in [-0.2, 0) is 25.5 Å². The number of carbonyl (C=O) groups excluding carboxylic acids is 3. The maximum absolute atomic E-state index is 13.7. The van der Waals surface area contributed by atoms with Crippen LogP contribution in [-0.4, -0.2) is 46.4 Å². The lowest BCUT2D eigenvalue weighted by Gasteiger charge is -2.31. The minimum absolute atomic E-state index is 0.0688. The topological polar surface area (TPSA) is 93.5 Å². The van der Waals surface area contributed by atoms with E-state index < -0.39 is 43.0 Å². The molecule has 2 aromatic carbocycles. The molecule has 0 saturated heterocycles. The van der Waals surface area contributed by atoms with Crippen molar-refractivity contribution in [3.05, 3.63) is 72.6 Å². The molecule has 1 aliphatic heterocycles. The molecule has 1 atom stereocenters. The van der Waals surface area contributed by atoms with Crippen LogP contribution in [0.4, 0.5) is 24.5 Å². The van der Waals surface area contributed by atoms with Gasteiger partial charge in [-0.25, -0.2) is 4.68 Å². The minimum atomic E-state index is -4.87. The summed E-state index contributed by atoms with van der Waals surface area (Å²) in [6, 6.07) is 12.6. The van der Waals surface area contributed by atoms with E-state index in [0.29, 0.717) is 4.90 Å². The number of amides is 2. The Balaban J connectivity index is 1.40. The van der Waals surface area contributed by atoms with Crippen LogP contribution in [0.3, 0.4) is 0 Å². The number of anilines is 2. The number of nitrogens with one attached hydrogen (secondary N) is 1. The molecule has 1 aromatic heterocycles. The number of ether oxygens (including phenoxy) is 1. The normalized spacial score (nSPS) is 15.7. The number of halogens is 3. The molecule has 35 heavy (non-hydrogen) atoms. The molecule has 1 aliphatic rings. The van der Waals surface area contributed by atoms with Gasteiger partial charge in [0.2, 0.25) is 5.91 Å². The number of benzene rings is 2. The van der Waals surface area contributed by atoms with Gasteiger partial charge < -0.3 is 10.1 Å². The van der Waals surface area contributed by atoms with E-state index in [2.05, 4.69) is 10.4 Å². The van der Waals surface area contributed by atoms with Gasteiger partial charge in [-0.3, -0.25) is 19.3 Å². The number of fused-ring (bicyclic) bond motifs is 1. The molecular formula is C24H21F3N4O4. The van der Waals surface area contributed by atoms with Gasteiger partial charge in [0.1, 0.15) is 6.04 Å². The molecule has 1 unspecified atom stereocenters. The smallest absolute Gasteiger partial charge is 0.409 e. The van der Waals surface area contributed by atoms with Gasteiger partial charge in [-0.1, -0.05) is 30.3 Å². The van der Waals surface area contributed by atoms with Crippen LogP contribution < -0.4 is 10.2 Å². The summed E-state index contributed by atoms with van der Waals surface area (Å²) in [4.78, 5) is 37.5. The fraction of sp³-hybridized carbons (Fsp3) is 0.250. The number of hydrogen-bond acceptors (Lipinski definition) is 5. The average Bonchev–Trinajstić information content (AvgIpc) is 3.24. The largest absolute Gasteiger partial charge is 0.456 e. The van der Waals surface area contributed by atoms with Gasteiger partial charge in [-0.2, -0.15) is 18.3 Å². The molecule has 1 N–H and O–H groups in total. The number of carbonyl (C=O) groups is 3. The van der Waals surface area contributed by atoms with Crippen molar-refractivity contribution in [1.82, 2.24) is 9.78 Å². The summed E-state index contributed by atoms with van der Waals surface area (Å²) in [5, 5.41) is 6.61. The molecule has 182 valence electrons. The summed E-state index contributed by atoms with van der Waals surface area (Å²) < 4.78 is 47.9. The van der Waals surface area contributed by atoms with E-state index in [1.54, 1.807) is 17.1 Å². The Morgan fingerprint density at radius 3 is 2.54 bits per heavy atom. The summed E-state index contributed by atoms with van der Waals surface area (Å²) in [6.45, 7) is -0.892. The number of para-hydroxylation sites is 3. The number of esters is 1. The Morgan fingerprint density at radius 1 is 1.09 bits per heavy atom. The number of aromatic nitrogens is 2. The fourth-order valence-electron chi connectivity index (χ4n) is 3.74. The first-order valence-corrected chi connectivity index (χ1v) is 10.7. The van der Waals surface area contributed by atoms with Crippen LogP contribution in [0.5, 0.6) is 0 Å². The van der Waals surface area contributed by atoms with E-state index in [1.165, 1.54) is 24.3 Å². The van der Waals surface area contributed by atoms with E-state index in [0.717, 1.165) is 11.3 Å². The van der Waals surface area contributed by atoms with Crippen molar-refractivity contribution in [3.8, 4) is 5.69 Å². The van der Waals surface area contributed by atoms with E-state index in [4.69, 9.17) is 4.74 Å². The van der Waals surface area contributed by atoms with Gasteiger partial charge in [0, 0.05) is 12.6 Å². The maximum Gasteiger partial charge on any atom is 0.409 e. The molecule has 0 fully saturated rings. The number of rotatable bonds is 6. The van der Waals surface area contributed by atoms with Crippen molar-refractivity contribution >= 4 is 29.2 Å². The number of aryl methyl sites for hydroxylation is 1. The highest BCUT2D eigenvalue weighted by Gasteiger charge is 2.49. The zero-order chi connectivity index (χ0) is 25.0. The number of alkyl halides is 3. The summed E-state index contributed by atoms with van der Waals surface area (Å²) in [7, 11) is 0. The molecule has 8 nitrogen and oxygen atoms in total. The molecular weight excluding hydrogens is 465 g/mol. The molecule has 3 aromatic rings. The minimum Gasteiger partial charge on any atom is -0.456 e. The first kappa shape index (κ1) is 24.0. The van der Waals surface area contributed by atoms with Gasteiger partial charge in [-0.05, 0) is 36.2 Å². The maximum atomic E-state index is 13.7. The quantitative estimate of drug-likeness (QED) is 0.537. The van der Waals surface area contributed by atoms with Crippen LogP contribution >= 0.6 is 0 Å². The van der Waals surface area contributed by atoms with Crippen LogP contribution in [0, 0.1) is 0 Å². The van der Waals surface area contributed by atoms with Crippen LogP contribution in [0.25, 0.3) is 5.69 Å². The second kappa shape index (κ2) is 10.00. The van der Waals surface area contributed by atoms with Crippen molar-refractivity contribution in [2.45, 2.75) is 31.5 Å². The molecule has 0 radical (unpaired) electrons. The second-order valence-electron chi connectivity index (χ2n) is 7.88. The van der Waals surface area contributed by atoms with Gasteiger partial charge in [-0.15, -0.1) is 0 Å². The first-order chi connectivity index (χ1) is 16.7. The Labute approximate surface area is 198 Å². The lowest BCUT2D eigenvalue weighted by Crippen LogP contribution is -2.51. The number of nitrogens with zero attached hydrogens (tertiary/aromatic N) is 3. The Bertz CT molecular complexity index is 1230. The first-order valence-electron chi connectivity index (χ1n) is 10.7. The predicted molar refractivity (Wildman–Crippen MR) is 120 cm³/mol. The van der Waals surface area contributed by atoms with Crippen molar-refractivity contribution in [3.63, 3.8) is 0 Å². The summed E-state index contributed by atoms with van der Waals surface area (Å²) in [6.07, 6.45) is -2.31. The lowest BCUT2D eigenvalue weighted by molar-refractivity contribution is -0.160. The van der Waals surface area contributed by atoms with Crippen LogP contribution in [0.2, 0.25) is 0 Å². The third-order valence-corrected chi connectivity index (χ3v) is 5.41. The van der Waals surface area contributed by atoms with Crippen molar-refractivity contribution in [1.29, 1.82) is 0 Å². The zero-order valence-electron chi connectivity index (χ0n) is 18.4. The zero-order valence-corrected chi connectivity index (χ0v) is 18.4. The monoisotopic (exact) mass is 486 g/mol. The highest BCUT2D eigenvalue weighted by atomic mass is 19.4. The Hall–Kier alpha value is -4.15. The van der Waals surface area contributed by atoms with E-state index in [9.17, 15) is 27.6 Å². The third-order valence-electron chi connectivity index (χ3n) is 5.41. The second-order valence-corrected chi connectivity index (χ2v) is 7.88. The SMILES string of the molecule is O=C1CC(C(F)(F)F)N(C(=O)COC(=O)CCc2cnn(-c3ccccc3)c2)c2ccccc2N1. The highest BCUT2D eigenvalue weighted by molar-refractivity contribution is 6.05. The van der Waals surface area contributed by atoms with Gasteiger partial charge >= 0.3 is 12.1 Å². The Kier molecular flexibility index (Phi) is 6.85. The average molecular weight is 486 g/mol. The van der Waals surface area contributed by atoms with Gasteiger partial charge in [0.15, 0.2) is 6.61 Å².